The number of aromatic nitrogens is 1. The van der Waals surface area contributed by atoms with Crippen molar-refractivity contribution in [3.8, 4) is 0 Å². The van der Waals surface area contributed by atoms with Gasteiger partial charge in [-0.25, -0.2) is 4.98 Å². The van der Waals surface area contributed by atoms with Gasteiger partial charge in [0.1, 0.15) is 5.15 Å². The molecule has 5 heteroatoms. The molecule has 1 fully saturated rings. The third-order valence-electron chi connectivity index (χ3n) is 2.36. The minimum atomic E-state index is 0.460. The Bertz CT molecular complexity index is 289. The first-order valence-corrected chi connectivity index (χ1v) is 5.65. The molecule has 0 amide bonds. The Labute approximate surface area is 86.5 Å². The molecule has 0 bridgehead atoms. The highest BCUT2D eigenvalue weighted by atomic mass is 35.5. The summed E-state index contributed by atoms with van der Waals surface area (Å²) in [6, 6.07) is 0.460. The number of nitrogens with zero attached hydrogens (tertiary/aromatic N) is 2. The van der Waals surface area contributed by atoms with Crippen LogP contribution in [-0.4, -0.2) is 24.1 Å². The molecule has 1 unspecified atom stereocenters. The van der Waals surface area contributed by atoms with Gasteiger partial charge in [0.25, 0.3) is 0 Å². The van der Waals surface area contributed by atoms with E-state index in [9.17, 15) is 0 Å². The highest BCUT2D eigenvalue weighted by Gasteiger charge is 2.25. The Kier molecular flexibility index (Phi) is 2.71. The normalized spacial score (nSPS) is 22.6. The van der Waals surface area contributed by atoms with Crippen molar-refractivity contribution in [2.24, 2.45) is 5.73 Å². The van der Waals surface area contributed by atoms with E-state index in [1.165, 1.54) is 12.8 Å². The van der Waals surface area contributed by atoms with Gasteiger partial charge in [0.05, 0.1) is 0 Å². The zero-order chi connectivity index (χ0) is 9.26. The van der Waals surface area contributed by atoms with Gasteiger partial charge in [0.2, 0.25) is 0 Å². The Hall–Kier alpha value is -0.320. The maximum absolute atomic E-state index is 5.77. The lowest BCUT2D eigenvalue weighted by Gasteiger charge is -2.22. The van der Waals surface area contributed by atoms with Crippen LogP contribution in [0.15, 0.2) is 5.38 Å². The standard InChI is InChI=1S/C8H12ClN3S/c9-7-5-13-8(11-7)12-3-1-2-6(12)4-10/h5-6H,1-4,10H2. The number of anilines is 1. The summed E-state index contributed by atoms with van der Waals surface area (Å²) in [6.45, 7) is 1.77. The van der Waals surface area contributed by atoms with Crippen LogP contribution >= 0.6 is 22.9 Å². The van der Waals surface area contributed by atoms with Crippen LogP contribution in [0, 0.1) is 0 Å². The Balaban J connectivity index is 2.15. The number of rotatable bonds is 2. The van der Waals surface area contributed by atoms with Gasteiger partial charge in [-0.05, 0) is 12.8 Å². The molecule has 2 N–H and O–H groups in total. The van der Waals surface area contributed by atoms with E-state index in [4.69, 9.17) is 17.3 Å². The maximum Gasteiger partial charge on any atom is 0.187 e. The van der Waals surface area contributed by atoms with Crippen LogP contribution < -0.4 is 10.6 Å². The summed E-state index contributed by atoms with van der Waals surface area (Å²) in [7, 11) is 0. The third-order valence-corrected chi connectivity index (χ3v) is 3.56. The number of nitrogens with two attached hydrogens (primary N) is 1. The molecule has 1 atom stereocenters. The lowest BCUT2D eigenvalue weighted by Crippen LogP contribution is -2.35. The smallest absolute Gasteiger partial charge is 0.187 e. The van der Waals surface area contributed by atoms with Crippen molar-refractivity contribution in [3.05, 3.63) is 10.5 Å². The summed E-state index contributed by atoms with van der Waals surface area (Å²) >= 11 is 7.36. The largest absolute Gasteiger partial charge is 0.344 e. The van der Waals surface area contributed by atoms with Gasteiger partial charge in [-0.2, -0.15) is 0 Å². The summed E-state index contributed by atoms with van der Waals surface area (Å²) in [6.07, 6.45) is 2.38. The van der Waals surface area contributed by atoms with Crippen molar-refractivity contribution < 1.29 is 0 Å². The number of hydrogen-bond acceptors (Lipinski definition) is 4. The van der Waals surface area contributed by atoms with Crippen LogP contribution in [0.3, 0.4) is 0 Å². The molecule has 2 rings (SSSR count). The number of halogens is 1. The summed E-state index contributed by atoms with van der Waals surface area (Å²) in [5, 5.41) is 3.46. The molecule has 1 aromatic heterocycles. The van der Waals surface area contributed by atoms with Crippen molar-refractivity contribution in [2.75, 3.05) is 18.0 Å². The Morgan fingerprint density at radius 3 is 3.23 bits per heavy atom. The second-order valence-corrected chi connectivity index (χ2v) is 4.40. The van der Waals surface area contributed by atoms with E-state index in [2.05, 4.69) is 9.88 Å². The Morgan fingerprint density at radius 1 is 1.77 bits per heavy atom. The molecule has 1 aliphatic rings. The molecular weight excluding hydrogens is 206 g/mol. The van der Waals surface area contributed by atoms with E-state index in [1.54, 1.807) is 11.3 Å². The van der Waals surface area contributed by atoms with Crippen molar-refractivity contribution in [2.45, 2.75) is 18.9 Å². The third kappa shape index (κ3) is 1.80. The zero-order valence-electron chi connectivity index (χ0n) is 7.24. The van der Waals surface area contributed by atoms with E-state index in [0.29, 0.717) is 17.7 Å². The van der Waals surface area contributed by atoms with Crippen LogP contribution in [0.5, 0.6) is 0 Å². The highest BCUT2D eigenvalue weighted by molar-refractivity contribution is 7.14. The van der Waals surface area contributed by atoms with E-state index in [1.807, 2.05) is 5.38 Å². The maximum atomic E-state index is 5.77. The molecular formula is C8H12ClN3S. The predicted molar refractivity (Wildman–Crippen MR) is 56.5 cm³/mol. The number of hydrogen-bond donors (Lipinski definition) is 1. The topological polar surface area (TPSA) is 42.1 Å². The van der Waals surface area contributed by atoms with Crippen molar-refractivity contribution in [1.29, 1.82) is 0 Å². The molecule has 2 heterocycles. The summed E-state index contributed by atoms with van der Waals surface area (Å²) < 4.78 is 0. The molecule has 13 heavy (non-hydrogen) atoms. The van der Waals surface area contributed by atoms with Gasteiger partial charge >= 0.3 is 0 Å². The molecule has 3 nitrogen and oxygen atoms in total. The van der Waals surface area contributed by atoms with Crippen LogP contribution in [0.4, 0.5) is 5.13 Å². The fourth-order valence-electron chi connectivity index (χ4n) is 1.71. The minimum absolute atomic E-state index is 0.460. The Morgan fingerprint density at radius 2 is 2.62 bits per heavy atom. The van der Waals surface area contributed by atoms with Gasteiger partial charge in [-0.1, -0.05) is 11.6 Å². The lowest BCUT2D eigenvalue weighted by atomic mass is 10.2. The van der Waals surface area contributed by atoms with Crippen molar-refractivity contribution in [1.82, 2.24) is 4.98 Å². The first-order valence-electron chi connectivity index (χ1n) is 4.39. The van der Waals surface area contributed by atoms with Gasteiger partial charge < -0.3 is 10.6 Å². The monoisotopic (exact) mass is 217 g/mol. The summed E-state index contributed by atoms with van der Waals surface area (Å²) in [5.41, 5.74) is 5.67. The lowest BCUT2D eigenvalue weighted by molar-refractivity contribution is 0.676. The van der Waals surface area contributed by atoms with Crippen LogP contribution in [0.2, 0.25) is 5.15 Å². The molecule has 72 valence electrons. The van der Waals surface area contributed by atoms with Crippen molar-refractivity contribution in [3.63, 3.8) is 0 Å². The average molecular weight is 218 g/mol. The van der Waals surface area contributed by atoms with Gasteiger partial charge in [0, 0.05) is 24.5 Å². The van der Waals surface area contributed by atoms with Crippen molar-refractivity contribution >= 4 is 28.1 Å². The molecule has 0 aliphatic carbocycles. The molecule has 0 radical (unpaired) electrons. The van der Waals surface area contributed by atoms with Gasteiger partial charge in [-0.15, -0.1) is 11.3 Å². The fraction of sp³-hybridized carbons (Fsp3) is 0.625. The molecule has 0 aromatic carbocycles. The molecule has 1 saturated heterocycles. The molecule has 1 aromatic rings. The fourth-order valence-corrected chi connectivity index (χ4v) is 2.76. The SMILES string of the molecule is NCC1CCCN1c1nc(Cl)cs1. The minimum Gasteiger partial charge on any atom is -0.344 e. The van der Waals surface area contributed by atoms with Crippen LogP contribution in [-0.2, 0) is 0 Å². The second kappa shape index (κ2) is 3.82. The van der Waals surface area contributed by atoms with E-state index >= 15 is 0 Å². The van der Waals surface area contributed by atoms with E-state index in [-0.39, 0.29) is 0 Å². The molecule has 0 spiro atoms. The second-order valence-electron chi connectivity index (χ2n) is 3.18. The average Bonchev–Trinajstić information content (AvgIpc) is 2.71. The first-order chi connectivity index (χ1) is 6.31. The number of thiazole rings is 1. The zero-order valence-corrected chi connectivity index (χ0v) is 8.81. The summed E-state index contributed by atoms with van der Waals surface area (Å²) in [5.74, 6) is 0. The van der Waals surface area contributed by atoms with Crippen LogP contribution in [0.25, 0.3) is 0 Å². The quantitative estimate of drug-likeness (QED) is 0.821. The van der Waals surface area contributed by atoms with E-state index < -0.39 is 0 Å². The van der Waals surface area contributed by atoms with E-state index in [0.717, 1.165) is 11.7 Å². The van der Waals surface area contributed by atoms with Gasteiger partial charge in [0.15, 0.2) is 5.13 Å². The highest BCUT2D eigenvalue weighted by Crippen LogP contribution is 2.29. The first kappa shape index (κ1) is 9.24. The molecule has 0 saturated carbocycles. The summed E-state index contributed by atoms with van der Waals surface area (Å²) in [4.78, 5) is 6.51. The molecule has 1 aliphatic heterocycles. The van der Waals surface area contributed by atoms with Crippen LogP contribution in [0.1, 0.15) is 12.8 Å². The predicted octanol–water partition coefficient (Wildman–Crippen LogP) is 1.72. The van der Waals surface area contributed by atoms with Gasteiger partial charge in [-0.3, -0.25) is 0 Å².